The predicted molar refractivity (Wildman–Crippen MR) is 87.3 cm³/mol. The van der Waals surface area contributed by atoms with Crippen LogP contribution < -0.4 is 10.0 Å². The summed E-state index contributed by atoms with van der Waals surface area (Å²) in [5.41, 5.74) is 1.12. The molecule has 8 heteroatoms. The van der Waals surface area contributed by atoms with Crippen molar-refractivity contribution < 1.29 is 23.1 Å². The molecule has 0 aliphatic carbocycles. The Labute approximate surface area is 139 Å². The number of sulfonamides is 1. The summed E-state index contributed by atoms with van der Waals surface area (Å²) in [6.45, 7) is 0.0272. The van der Waals surface area contributed by atoms with Crippen LogP contribution in [-0.4, -0.2) is 32.4 Å². The van der Waals surface area contributed by atoms with Gasteiger partial charge in [-0.3, -0.25) is 4.79 Å². The third-order valence-corrected chi connectivity index (χ3v) is 4.74. The number of hydrogen-bond donors (Lipinski definition) is 3. The van der Waals surface area contributed by atoms with Gasteiger partial charge in [0.2, 0.25) is 10.0 Å². The number of amides is 1. The van der Waals surface area contributed by atoms with E-state index in [0.29, 0.717) is 11.1 Å². The second kappa shape index (κ2) is 7.24. The molecular formula is C16H16N2O5S. The number of carboxylic acid groups (broad SMARTS) is 1. The first-order valence-electron chi connectivity index (χ1n) is 6.97. The van der Waals surface area contributed by atoms with Gasteiger partial charge >= 0.3 is 5.97 Å². The molecule has 0 aliphatic rings. The predicted octanol–water partition coefficient (Wildman–Crippen LogP) is 1.22. The maximum atomic E-state index is 12.2. The molecule has 2 aromatic carbocycles. The zero-order chi connectivity index (χ0) is 17.7. The van der Waals surface area contributed by atoms with Gasteiger partial charge in [-0.05, 0) is 42.0 Å². The van der Waals surface area contributed by atoms with Gasteiger partial charge in [0.15, 0.2) is 0 Å². The summed E-state index contributed by atoms with van der Waals surface area (Å²) in [5.74, 6) is -1.34. The molecule has 0 aromatic heterocycles. The van der Waals surface area contributed by atoms with E-state index in [2.05, 4.69) is 10.0 Å². The van der Waals surface area contributed by atoms with Crippen molar-refractivity contribution in [2.75, 3.05) is 7.05 Å². The molecule has 126 valence electrons. The molecule has 0 saturated carbocycles. The Morgan fingerprint density at radius 1 is 0.958 bits per heavy atom. The molecule has 0 fully saturated rings. The van der Waals surface area contributed by atoms with Crippen molar-refractivity contribution in [3.8, 4) is 0 Å². The summed E-state index contributed by atoms with van der Waals surface area (Å²) in [5, 5.41) is 11.3. The Kier molecular flexibility index (Phi) is 5.32. The molecule has 24 heavy (non-hydrogen) atoms. The van der Waals surface area contributed by atoms with Gasteiger partial charge in [-0.15, -0.1) is 0 Å². The number of nitrogens with one attached hydrogen (secondary N) is 2. The Bertz CT molecular complexity index is 843. The third kappa shape index (κ3) is 4.18. The van der Waals surface area contributed by atoms with Crippen molar-refractivity contribution in [3.05, 3.63) is 65.2 Å². The van der Waals surface area contributed by atoms with Gasteiger partial charge in [-0.1, -0.05) is 12.1 Å². The molecule has 0 heterocycles. The fraction of sp³-hybridized carbons (Fsp3) is 0.125. The molecule has 1 amide bonds. The van der Waals surface area contributed by atoms with Crippen molar-refractivity contribution >= 4 is 21.9 Å². The van der Waals surface area contributed by atoms with Gasteiger partial charge < -0.3 is 10.4 Å². The van der Waals surface area contributed by atoms with E-state index < -0.39 is 16.0 Å². The van der Waals surface area contributed by atoms with Crippen LogP contribution >= 0.6 is 0 Å². The van der Waals surface area contributed by atoms with Crippen LogP contribution in [0.3, 0.4) is 0 Å². The smallest absolute Gasteiger partial charge is 0.335 e. The van der Waals surface area contributed by atoms with Crippen LogP contribution in [0.5, 0.6) is 0 Å². The second-order valence-electron chi connectivity index (χ2n) is 4.93. The Balaban J connectivity index is 2.08. The lowest BCUT2D eigenvalue weighted by Crippen LogP contribution is -2.23. The van der Waals surface area contributed by atoms with Crippen molar-refractivity contribution in [1.82, 2.24) is 10.0 Å². The highest BCUT2D eigenvalue weighted by Crippen LogP contribution is 2.12. The maximum Gasteiger partial charge on any atom is 0.335 e. The summed E-state index contributed by atoms with van der Waals surface area (Å²) in [7, 11) is -2.24. The molecule has 0 unspecified atom stereocenters. The number of rotatable bonds is 6. The molecule has 2 aromatic rings. The minimum atomic E-state index is -3.73. The number of aromatic carboxylic acids is 1. The normalized spacial score (nSPS) is 11.0. The Morgan fingerprint density at radius 3 is 2.00 bits per heavy atom. The van der Waals surface area contributed by atoms with Crippen LogP contribution in [-0.2, 0) is 16.6 Å². The fourth-order valence-corrected chi connectivity index (χ4v) is 2.97. The quantitative estimate of drug-likeness (QED) is 0.727. The number of carbonyl (C=O) groups is 2. The first-order valence-corrected chi connectivity index (χ1v) is 8.46. The van der Waals surface area contributed by atoms with Crippen LogP contribution in [0.4, 0.5) is 0 Å². The largest absolute Gasteiger partial charge is 0.478 e. The molecule has 2 rings (SSSR count). The summed E-state index contributed by atoms with van der Waals surface area (Å²) in [6.07, 6.45) is 0. The fourth-order valence-electron chi connectivity index (χ4n) is 1.96. The average molecular weight is 348 g/mol. The second-order valence-corrected chi connectivity index (χ2v) is 6.70. The number of carbonyl (C=O) groups excluding carboxylic acids is 1. The van der Waals surface area contributed by atoms with E-state index in [1.807, 2.05) is 0 Å². The van der Waals surface area contributed by atoms with Crippen LogP contribution in [0.2, 0.25) is 0 Å². The molecule has 3 N–H and O–H groups in total. The molecule has 0 spiro atoms. The first-order chi connectivity index (χ1) is 11.3. The van der Waals surface area contributed by atoms with Gasteiger partial charge in [-0.2, -0.15) is 0 Å². The van der Waals surface area contributed by atoms with Crippen molar-refractivity contribution in [2.45, 2.75) is 11.4 Å². The van der Waals surface area contributed by atoms with E-state index in [9.17, 15) is 18.0 Å². The third-order valence-electron chi connectivity index (χ3n) is 3.32. The topological polar surface area (TPSA) is 113 Å². The maximum absolute atomic E-state index is 12.2. The van der Waals surface area contributed by atoms with E-state index in [1.165, 1.54) is 43.4 Å². The standard InChI is InChI=1S/C16H16N2O5S/c1-17-15(19)12-6-8-14(9-7-12)24(22,23)18-10-11-2-4-13(5-3-11)16(20)21/h2-9,18H,10H2,1H3,(H,17,19)(H,20,21). The van der Waals surface area contributed by atoms with Crippen LogP contribution in [0.25, 0.3) is 0 Å². The van der Waals surface area contributed by atoms with E-state index in [1.54, 1.807) is 12.1 Å². The number of hydrogen-bond acceptors (Lipinski definition) is 4. The zero-order valence-corrected chi connectivity index (χ0v) is 13.6. The SMILES string of the molecule is CNC(=O)c1ccc(S(=O)(=O)NCc2ccc(C(=O)O)cc2)cc1. The van der Waals surface area contributed by atoms with E-state index in [-0.39, 0.29) is 22.9 Å². The minimum absolute atomic E-state index is 0.0272. The van der Waals surface area contributed by atoms with Gasteiger partial charge in [0.05, 0.1) is 10.5 Å². The highest BCUT2D eigenvalue weighted by molar-refractivity contribution is 7.89. The first kappa shape index (κ1) is 17.6. The van der Waals surface area contributed by atoms with Crippen LogP contribution in [0, 0.1) is 0 Å². The van der Waals surface area contributed by atoms with Gasteiger partial charge in [0, 0.05) is 19.2 Å². The van der Waals surface area contributed by atoms with Crippen molar-refractivity contribution in [2.24, 2.45) is 0 Å². The molecule has 0 bridgehead atoms. The molecule has 7 nitrogen and oxygen atoms in total. The zero-order valence-electron chi connectivity index (χ0n) is 12.8. The number of benzene rings is 2. The highest BCUT2D eigenvalue weighted by atomic mass is 32.2. The number of carboxylic acids is 1. The lowest BCUT2D eigenvalue weighted by atomic mass is 10.1. The minimum Gasteiger partial charge on any atom is -0.478 e. The van der Waals surface area contributed by atoms with Crippen molar-refractivity contribution in [3.63, 3.8) is 0 Å². The molecule has 0 aliphatic heterocycles. The lowest BCUT2D eigenvalue weighted by molar-refractivity contribution is 0.0696. The molecule has 0 saturated heterocycles. The summed E-state index contributed by atoms with van der Waals surface area (Å²) < 4.78 is 26.9. The summed E-state index contributed by atoms with van der Waals surface area (Å²) >= 11 is 0. The molecule has 0 atom stereocenters. The van der Waals surface area contributed by atoms with E-state index in [4.69, 9.17) is 5.11 Å². The van der Waals surface area contributed by atoms with Crippen LogP contribution in [0.15, 0.2) is 53.4 Å². The monoisotopic (exact) mass is 348 g/mol. The molecular weight excluding hydrogens is 332 g/mol. The Hall–Kier alpha value is -2.71. The van der Waals surface area contributed by atoms with E-state index >= 15 is 0 Å². The Morgan fingerprint density at radius 2 is 1.50 bits per heavy atom. The average Bonchev–Trinajstić information content (AvgIpc) is 2.59. The van der Waals surface area contributed by atoms with Gasteiger partial charge in [0.1, 0.15) is 0 Å². The summed E-state index contributed by atoms with van der Waals surface area (Å²) in [6, 6.07) is 11.4. The van der Waals surface area contributed by atoms with Crippen LogP contribution in [0.1, 0.15) is 26.3 Å². The molecule has 0 radical (unpaired) electrons. The highest BCUT2D eigenvalue weighted by Gasteiger charge is 2.14. The van der Waals surface area contributed by atoms with Gasteiger partial charge in [0.25, 0.3) is 5.91 Å². The van der Waals surface area contributed by atoms with Gasteiger partial charge in [-0.25, -0.2) is 17.9 Å². The summed E-state index contributed by atoms with van der Waals surface area (Å²) in [4.78, 5) is 22.3. The van der Waals surface area contributed by atoms with E-state index in [0.717, 1.165) is 0 Å². The lowest BCUT2D eigenvalue weighted by Gasteiger charge is -2.08. The van der Waals surface area contributed by atoms with Crippen molar-refractivity contribution in [1.29, 1.82) is 0 Å².